The zero-order chi connectivity index (χ0) is 50.0. The number of imide groups is 1. The summed E-state index contributed by atoms with van der Waals surface area (Å²) in [5.74, 6) is -2.34. The lowest BCUT2D eigenvalue weighted by atomic mass is 10.1. The van der Waals surface area contributed by atoms with Crippen LogP contribution in [0.3, 0.4) is 0 Å². The van der Waals surface area contributed by atoms with Crippen molar-refractivity contribution in [2.45, 2.75) is 66.7 Å². The minimum Gasteiger partial charge on any atom is -0.494 e. The van der Waals surface area contributed by atoms with Gasteiger partial charge < -0.3 is 35.0 Å². The van der Waals surface area contributed by atoms with Gasteiger partial charge in [0.2, 0.25) is 17.8 Å². The summed E-state index contributed by atoms with van der Waals surface area (Å²) < 4.78 is 19.3. The van der Waals surface area contributed by atoms with Crippen LogP contribution in [0.5, 0.6) is 11.5 Å². The van der Waals surface area contributed by atoms with Crippen molar-refractivity contribution < 1.29 is 38.2 Å². The number of ether oxygens (including phenoxy) is 2. The van der Waals surface area contributed by atoms with E-state index in [-0.39, 0.29) is 68.1 Å². The number of hydrogen-bond acceptors (Lipinski definition) is 13. The first kappa shape index (κ1) is 47.8. The smallest absolute Gasteiger partial charge is 0.276 e. The van der Waals surface area contributed by atoms with Crippen molar-refractivity contribution in [3.05, 3.63) is 95.1 Å². The van der Waals surface area contributed by atoms with E-state index >= 15 is 0 Å². The SMILES string of the molecule is CCn1nc(C)cc1C(=O)Nc1nc2cc(C(N)=O)cc(OCCCN(C)C(=O)CCN3C(=O)C=CC3=O)c2n1C/C=C/Cn1c2nc(-c3cc(C)nn3CC)ccc2c2nc(C(N)=O)cc(OC)c21. The van der Waals surface area contributed by atoms with Crippen LogP contribution in [0.1, 0.15) is 69.4 Å². The van der Waals surface area contributed by atoms with Crippen LogP contribution >= 0.6 is 0 Å². The van der Waals surface area contributed by atoms with Gasteiger partial charge in [-0.15, -0.1) is 0 Å². The number of carbonyl (C=O) groups is 6. The maximum Gasteiger partial charge on any atom is 0.276 e. The summed E-state index contributed by atoms with van der Waals surface area (Å²) in [4.78, 5) is 92.9. The number of pyridine rings is 2. The number of fused-ring (bicyclic) bond motifs is 4. The number of aromatic nitrogens is 9. The fraction of sp³-hybridized carbons (Fsp3) is 0.312. The summed E-state index contributed by atoms with van der Waals surface area (Å²) in [7, 11) is 3.11. The van der Waals surface area contributed by atoms with Gasteiger partial charge in [-0.2, -0.15) is 10.2 Å². The number of methoxy groups -OCH3 is 1. The molecule has 1 aromatic carbocycles. The van der Waals surface area contributed by atoms with Gasteiger partial charge in [0.1, 0.15) is 45.1 Å². The zero-order valence-electron chi connectivity index (χ0n) is 39.6. The number of nitrogens with two attached hydrogens (primary N) is 2. The maximum absolute atomic E-state index is 13.9. The summed E-state index contributed by atoms with van der Waals surface area (Å²) >= 11 is 0. The van der Waals surface area contributed by atoms with Gasteiger partial charge in [0.05, 0.1) is 42.0 Å². The van der Waals surface area contributed by atoms with E-state index in [0.717, 1.165) is 16.3 Å². The van der Waals surface area contributed by atoms with Crippen molar-refractivity contribution in [1.29, 1.82) is 0 Å². The van der Waals surface area contributed by atoms with Crippen LogP contribution in [0.4, 0.5) is 5.95 Å². The molecule has 0 saturated heterocycles. The Hall–Kier alpha value is -8.69. The minimum absolute atomic E-state index is 0.0304. The Morgan fingerprint density at radius 2 is 1.51 bits per heavy atom. The van der Waals surface area contributed by atoms with E-state index in [0.29, 0.717) is 75.4 Å². The highest BCUT2D eigenvalue weighted by atomic mass is 16.5. The molecule has 0 saturated carbocycles. The molecule has 0 bridgehead atoms. The second-order valence-electron chi connectivity index (χ2n) is 16.5. The summed E-state index contributed by atoms with van der Waals surface area (Å²) in [6.07, 6.45) is 6.44. The molecule has 6 aromatic heterocycles. The van der Waals surface area contributed by atoms with Crippen molar-refractivity contribution in [1.82, 2.24) is 53.4 Å². The lowest BCUT2D eigenvalue weighted by molar-refractivity contribution is -0.138. The molecule has 6 amide bonds. The molecule has 362 valence electrons. The third-order valence-electron chi connectivity index (χ3n) is 11.8. The van der Waals surface area contributed by atoms with Gasteiger partial charge >= 0.3 is 0 Å². The Balaban J connectivity index is 1.13. The van der Waals surface area contributed by atoms with Gasteiger partial charge in [0, 0.05) is 81.9 Å². The molecule has 22 heteroatoms. The van der Waals surface area contributed by atoms with E-state index in [1.807, 2.05) is 60.4 Å². The number of anilines is 1. The number of carbonyl (C=O) groups excluding carboxylic acids is 6. The zero-order valence-corrected chi connectivity index (χ0v) is 39.6. The molecule has 0 radical (unpaired) electrons. The number of allylic oxidation sites excluding steroid dienone is 2. The predicted molar refractivity (Wildman–Crippen MR) is 258 cm³/mol. The highest BCUT2D eigenvalue weighted by molar-refractivity contribution is 6.13. The number of aryl methyl sites for hydroxylation is 4. The molecular formula is C48H52N14O8. The van der Waals surface area contributed by atoms with Crippen molar-refractivity contribution >= 4 is 74.5 Å². The molecular weight excluding hydrogens is 901 g/mol. The Morgan fingerprint density at radius 1 is 0.814 bits per heavy atom. The van der Waals surface area contributed by atoms with Crippen molar-refractivity contribution in [2.24, 2.45) is 11.5 Å². The maximum atomic E-state index is 13.9. The first-order chi connectivity index (χ1) is 33.6. The largest absolute Gasteiger partial charge is 0.494 e. The number of imidazole rings is 1. The Morgan fingerprint density at radius 3 is 2.20 bits per heavy atom. The van der Waals surface area contributed by atoms with Gasteiger partial charge in [-0.3, -0.25) is 48.3 Å². The van der Waals surface area contributed by atoms with Crippen LogP contribution in [0.25, 0.3) is 44.5 Å². The summed E-state index contributed by atoms with van der Waals surface area (Å²) in [5, 5.41) is 12.7. The van der Waals surface area contributed by atoms with E-state index in [2.05, 4.69) is 20.5 Å². The van der Waals surface area contributed by atoms with Gasteiger partial charge in [0.15, 0.2) is 0 Å². The van der Waals surface area contributed by atoms with Crippen LogP contribution in [-0.2, 0) is 40.6 Å². The fourth-order valence-corrected chi connectivity index (χ4v) is 8.41. The first-order valence-electron chi connectivity index (χ1n) is 22.6. The normalized spacial score (nSPS) is 12.6. The van der Waals surface area contributed by atoms with Crippen LogP contribution in [0, 0.1) is 13.8 Å². The average molecular weight is 953 g/mol. The molecule has 22 nitrogen and oxygen atoms in total. The molecule has 1 aliphatic heterocycles. The first-order valence-corrected chi connectivity index (χ1v) is 22.6. The summed E-state index contributed by atoms with van der Waals surface area (Å²) in [6, 6.07) is 11.9. The van der Waals surface area contributed by atoms with Crippen LogP contribution in [0.15, 0.2) is 66.8 Å². The summed E-state index contributed by atoms with van der Waals surface area (Å²) in [5.41, 5.74) is 17.3. The molecule has 0 aliphatic carbocycles. The van der Waals surface area contributed by atoms with Crippen LogP contribution in [-0.4, -0.2) is 123 Å². The monoisotopic (exact) mass is 952 g/mol. The average Bonchev–Trinajstić information content (AvgIpc) is 4.16. The van der Waals surface area contributed by atoms with Gasteiger partial charge in [0.25, 0.3) is 23.6 Å². The number of nitrogens with one attached hydrogen (secondary N) is 1. The molecule has 8 rings (SSSR count). The molecule has 5 N–H and O–H groups in total. The highest BCUT2D eigenvalue weighted by Gasteiger charge is 2.26. The Labute approximate surface area is 400 Å². The predicted octanol–water partition coefficient (Wildman–Crippen LogP) is 3.91. The van der Waals surface area contributed by atoms with Crippen molar-refractivity contribution in [3.63, 3.8) is 0 Å². The number of amides is 6. The fourth-order valence-electron chi connectivity index (χ4n) is 8.41. The molecule has 0 atom stereocenters. The quantitative estimate of drug-likeness (QED) is 0.0556. The molecule has 7 aromatic rings. The van der Waals surface area contributed by atoms with E-state index in [1.54, 1.807) is 29.3 Å². The van der Waals surface area contributed by atoms with Crippen molar-refractivity contribution in [3.8, 4) is 22.9 Å². The number of primary amides is 2. The molecule has 0 fully saturated rings. The lowest BCUT2D eigenvalue weighted by Crippen LogP contribution is -2.36. The molecule has 0 unspecified atom stereocenters. The lowest BCUT2D eigenvalue weighted by Gasteiger charge is -2.19. The van der Waals surface area contributed by atoms with E-state index < -0.39 is 29.5 Å². The number of hydrogen-bond donors (Lipinski definition) is 3. The molecule has 70 heavy (non-hydrogen) atoms. The summed E-state index contributed by atoms with van der Waals surface area (Å²) in [6.45, 7) is 9.35. The van der Waals surface area contributed by atoms with Crippen LogP contribution in [0.2, 0.25) is 0 Å². The second kappa shape index (κ2) is 19.9. The standard InChI is InChI=1S/C48H52N14O8/c1-7-61-34(22-27(3)55-61)31-13-12-30-41-43(36(69-6)26-33(51-41)45(50)67)59(46(30)52-31)18-9-10-19-60-42-32(53-48(60)54-47(68)35-23-28(4)56-62(35)8-2)24-29(44(49)66)25-37(42)70-21-11-17-57(5)38(63)16-20-58-39(64)14-15-40(58)65/h9-10,12-15,22-26H,7-8,11,16-21H2,1-6H3,(H2,49,66)(H2,50,67)(H,53,54,68)/b10-9+. The number of nitrogens with zero attached hydrogens (tertiary/aromatic N) is 11. The Kier molecular flexibility index (Phi) is 13.6. The third-order valence-corrected chi connectivity index (χ3v) is 11.8. The van der Waals surface area contributed by atoms with E-state index in [1.165, 1.54) is 42.4 Å². The Bertz CT molecular complexity index is 3300. The van der Waals surface area contributed by atoms with E-state index in [4.69, 9.17) is 30.9 Å². The molecule has 1 aliphatic rings. The second-order valence-corrected chi connectivity index (χ2v) is 16.5. The number of benzene rings is 1. The topological polar surface area (TPSA) is 276 Å². The van der Waals surface area contributed by atoms with Crippen LogP contribution < -0.4 is 26.3 Å². The minimum atomic E-state index is -0.727. The molecule has 7 heterocycles. The van der Waals surface area contributed by atoms with Gasteiger partial charge in [-0.25, -0.2) is 15.0 Å². The third kappa shape index (κ3) is 9.42. The van der Waals surface area contributed by atoms with Crippen molar-refractivity contribution in [2.75, 3.05) is 39.2 Å². The van der Waals surface area contributed by atoms with Gasteiger partial charge in [-0.05, 0) is 70.5 Å². The van der Waals surface area contributed by atoms with E-state index in [9.17, 15) is 28.8 Å². The van der Waals surface area contributed by atoms with Gasteiger partial charge in [-0.1, -0.05) is 12.2 Å². The highest BCUT2D eigenvalue weighted by Crippen LogP contribution is 2.36. The molecule has 0 spiro atoms. The number of rotatable bonds is 20.